The van der Waals surface area contributed by atoms with Crippen molar-refractivity contribution in [1.29, 1.82) is 0 Å². The van der Waals surface area contributed by atoms with Gasteiger partial charge in [0.2, 0.25) is 0 Å². The van der Waals surface area contributed by atoms with Gasteiger partial charge in [-0.3, -0.25) is 0 Å². The molecule has 0 saturated carbocycles. The van der Waals surface area contributed by atoms with E-state index >= 15 is 0 Å². The molecule has 0 aliphatic rings. The summed E-state index contributed by atoms with van der Waals surface area (Å²) in [4.78, 5) is 14.0. The Morgan fingerprint density at radius 2 is 1.79 bits per heavy atom. The van der Waals surface area contributed by atoms with Crippen LogP contribution in [0.15, 0.2) is 76.2 Å². The predicted molar refractivity (Wildman–Crippen MR) is 109 cm³/mol. The molecule has 0 saturated heterocycles. The monoisotopic (exact) mass is 383 g/mol. The Kier molecular flexibility index (Phi) is 3.87. The van der Waals surface area contributed by atoms with Crippen LogP contribution in [0.4, 0.5) is 0 Å². The van der Waals surface area contributed by atoms with Crippen molar-refractivity contribution >= 4 is 11.0 Å². The van der Waals surface area contributed by atoms with Crippen LogP contribution < -0.4 is 5.63 Å². The highest BCUT2D eigenvalue weighted by atomic mass is 16.4. The quantitative estimate of drug-likeness (QED) is 0.442. The third-order valence-electron chi connectivity index (χ3n) is 4.72. The van der Waals surface area contributed by atoms with Crippen molar-refractivity contribution in [2.45, 2.75) is 13.8 Å². The van der Waals surface area contributed by atoms with E-state index in [9.17, 15) is 4.79 Å². The third kappa shape index (κ3) is 3.02. The van der Waals surface area contributed by atoms with E-state index in [4.69, 9.17) is 4.42 Å². The van der Waals surface area contributed by atoms with Crippen molar-refractivity contribution < 1.29 is 4.42 Å². The van der Waals surface area contributed by atoms with Crippen molar-refractivity contribution in [2.75, 3.05) is 0 Å². The van der Waals surface area contributed by atoms with Gasteiger partial charge in [0.25, 0.3) is 0 Å². The summed E-state index contributed by atoms with van der Waals surface area (Å²) in [7, 11) is 0. The highest BCUT2D eigenvalue weighted by molar-refractivity contribution is 5.80. The van der Waals surface area contributed by atoms with Crippen LogP contribution in [0.2, 0.25) is 0 Å². The zero-order valence-corrected chi connectivity index (χ0v) is 15.9. The average molecular weight is 383 g/mol. The molecule has 0 radical (unpaired) electrons. The standard InChI is InChI=1S/C22H17N5O2/c1-14-12-23-26(13-14)19-10-17-8-9-18(11-20(17)29-22(19)28)27-24-15(2)21(25-27)16-6-4-3-5-7-16/h3-13H,1-2H3. The number of rotatable bonds is 3. The molecule has 5 rings (SSSR count). The van der Waals surface area contributed by atoms with Crippen LogP contribution in [-0.4, -0.2) is 24.8 Å². The molecular formula is C22H17N5O2. The van der Waals surface area contributed by atoms with E-state index in [-0.39, 0.29) is 0 Å². The van der Waals surface area contributed by atoms with E-state index < -0.39 is 5.63 Å². The molecular weight excluding hydrogens is 366 g/mol. The Labute approximate surface area is 165 Å². The fourth-order valence-corrected chi connectivity index (χ4v) is 3.27. The van der Waals surface area contributed by atoms with Crippen molar-refractivity contribution in [3.8, 4) is 22.6 Å². The Morgan fingerprint density at radius 3 is 2.55 bits per heavy atom. The van der Waals surface area contributed by atoms with Gasteiger partial charge in [0.15, 0.2) is 5.69 Å². The summed E-state index contributed by atoms with van der Waals surface area (Å²) < 4.78 is 7.08. The molecule has 29 heavy (non-hydrogen) atoms. The first-order chi connectivity index (χ1) is 14.1. The molecule has 142 valence electrons. The summed E-state index contributed by atoms with van der Waals surface area (Å²) in [5.41, 5.74) is 4.71. The molecule has 7 heteroatoms. The molecule has 5 aromatic rings. The van der Waals surface area contributed by atoms with Gasteiger partial charge < -0.3 is 4.42 Å². The number of hydrogen-bond acceptors (Lipinski definition) is 5. The summed E-state index contributed by atoms with van der Waals surface area (Å²) in [5.74, 6) is 0. The van der Waals surface area contributed by atoms with E-state index in [1.807, 2.05) is 56.3 Å². The second kappa shape index (κ2) is 6.56. The molecule has 0 spiro atoms. The molecule has 0 aliphatic heterocycles. The minimum atomic E-state index is -0.452. The Balaban J connectivity index is 1.58. The normalized spacial score (nSPS) is 11.2. The summed E-state index contributed by atoms with van der Waals surface area (Å²) in [6.45, 7) is 3.84. The van der Waals surface area contributed by atoms with Gasteiger partial charge in [0, 0.05) is 23.2 Å². The molecule has 0 unspecified atom stereocenters. The zero-order chi connectivity index (χ0) is 20.0. The smallest absolute Gasteiger partial charge is 0.362 e. The van der Waals surface area contributed by atoms with Crippen LogP contribution >= 0.6 is 0 Å². The average Bonchev–Trinajstić information content (AvgIpc) is 3.33. The topological polar surface area (TPSA) is 78.7 Å². The van der Waals surface area contributed by atoms with Crippen LogP contribution in [0.3, 0.4) is 0 Å². The second-order valence-corrected chi connectivity index (χ2v) is 6.89. The maximum absolute atomic E-state index is 12.5. The largest absolute Gasteiger partial charge is 0.421 e. The Morgan fingerprint density at radius 1 is 0.966 bits per heavy atom. The van der Waals surface area contributed by atoms with Gasteiger partial charge in [0.05, 0.1) is 17.6 Å². The maximum atomic E-state index is 12.5. The first kappa shape index (κ1) is 17.1. The molecule has 0 N–H and O–H groups in total. The number of fused-ring (bicyclic) bond motifs is 1. The van der Waals surface area contributed by atoms with Crippen molar-refractivity contribution in [2.24, 2.45) is 0 Å². The predicted octanol–water partition coefficient (Wildman–Crippen LogP) is 3.84. The Bertz CT molecular complexity index is 1400. The van der Waals surface area contributed by atoms with E-state index in [1.165, 1.54) is 4.68 Å². The van der Waals surface area contributed by atoms with Gasteiger partial charge in [-0.1, -0.05) is 30.3 Å². The first-order valence-corrected chi connectivity index (χ1v) is 9.18. The van der Waals surface area contributed by atoms with Crippen molar-refractivity contribution in [1.82, 2.24) is 24.8 Å². The third-order valence-corrected chi connectivity index (χ3v) is 4.72. The number of aromatic nitrogens is 5. The fourth-order valence-electron chi connectivity index (χ4n) is 3.27. The van der Waals surface area contributed by atoms with E-state index in [0.29, 0.717) is 17.0 Å². The summed E-state index contributed by atoms with van der Waals surface area (Å²) in [5, 5.41) is 14.1. The number of hydrogen-bond donors (Lipinski definition) is 0. The molecule has 0 amide bonds. The number of nitrogens with zero attached hydrogens (tertiary/aromatic N) is 5. The van der Waals surface area contributed by atoms with E-state index in [2.05, 4.69) is 15.3 Å². The molecule has 0 aliphatic carbocycles. The summed E-state index contributed by atoms with van der Waals surface area (Å²) in [6, 6.07) is 17.2. The molecule has 3 heterocycles. The Hall–Kier alpha value is -4.00. The summed E-state index contributed by atoms with van der Waals surface area (Å²) in [6.07, 6.45) is 3.48. The maximum Gasteiger partial charge on any atom is 0.362 e. The van der Waals surface area contributed by atoms with Gasteiger partial charge in [-0.15, -0.1) is 5.10 Å². The van der Waals surface area contributed by atoms with Crippen LogP contribution in [0, 0.1) is 13.8 Å². The lowest BCUT2D eigenvalue weighted by atomic mass is 10.1. The lowest BCUT2D eigenvalue weighted by Crippen LogP contribution is -2.10. The van der Waals surface area contributed by atoms with E-state index in [1.54, 1.807) is 29.3 Å². The lowest BCUT2D eigenvalue weighted by Gasteiger charge is -2.04. The zero-order valence-electron chi connectivity index (χ0n) is 15.9. The van der Waals surface area contributed by atoms with Gasteiger partial charge in [-0.05, 0) is 37.6 Å². The van der Waals surface area contributed by atoms with Gasteiger partial charge in [-0.25, -0.2) is 9.48 Å². The van der Waals surface area contributed by atoms with Crippen LogP contribution in [0.5, 0.6) is 0 Å². The van der Waals surface area contributed by atoms with Crippen LogP contribution in [0.1, 0.15) is 11.3 Å². The van der Waals surface area contributed by atoms with Gasteiger partial charge >= 0.3 is 5.63 Å². The number of aryl methyl sites for hydroxylation is 2. The highest BCUT2D eigenvalue weighted by Crippen LogP contribution is 2.23. The molecule has 2 aromatic carbocycles. The minimum absolute atomic E-state index is 0.373. The molecule has 3 aromatic heterocycles. The molecule has 7 nitrogen and oxygen atoms in total. The van der Waals surface area contributed by atoms with Crippen LogP contribution in [0.25, 0.3) is 33.6 Å². The van der Waals surface area contributed by atoms with Crippen LogP contribution in [-0.2, 0) is 0 Å². The minimum Gasteiger partial charge on any atom is -0.421 e. The van der Waals surface area contributed by atoms with E-state index in [0.717, 1.165) is 27.9 Å². The fraction of sp³-hybridized carbons (Fsp3) is 0.0909. The number of benzene rings is 2. The molecule has 0 bridgehead atoms. The second-order valence-electron chi connectivity index (χ2n) is 6.89. The lowest BCUT2D eigenvalue weighted by molar-refractivity contribution is 0.551. The molecule has 0 atom stereocenters. The highest BCUT2D eigenvalue weighted by Gasteiger charge is 2.13. The first-order valence-electron chi connectivity index (χ1n) is 9.18. The molecule has 0 fully saturated rings. The SMILES string of the molecule is Cc1cnn(-c2cc3ccc(-n4nc(C)c(-c5ccccc5)n4)cc3oc2=O)c1. The van der Waals surface area contributed by atoms with Gasteiger partial charge in [0.1, 0.15) is 11.3 Å². The van der Waals surface area contributed by atoms with Gasteiger partial charge in [-0.2, -0.15) is 15.0 Å². The summed E-state index contributed by atoms with van der Waals surface area (Å²) >= 11 is 0. The van der Waals surface area contributed by atoms with Crippen molar-refractivity contribution in [3.05, 3.63) is 88.7 Å². The van der Waals surface area contributed by atoms with Crippen molar-refractivity contribution in [3.63, 3.8) is 0 Å².